The van der Waals surface area contributed by atoms with Crippen molar-refractivity contribution in [1.29, 1.82) is 0 Å². The van der Waals surface area contributed by atoms with Crippen LogP contribution in [0, 0.1) is 5.92 Å². The van der Waals surface area contributed by atoms with Crippen molar-refractivity contribution in [2.24, 2.45) is 5.92 Å². The van der Waals surface area contributed by atoms with Gasteiger partial charge in [0, 0.05) is 0 Å². The van der Waals surface area contributed by atoms with Crippen molar-refractivity contribution >= 4 is 39.5 Å². The van der Waals surface area contributed by atoms with E-state index in [9.17, 15) is 0 Å². The first-order valence-corrected chi connectivity index (χ1v) is 23.5. The van der Waals surface area contributed by atoms with Crippen molar-refractivity contribution < 1.29 is 4.43 Å². The van der Waals surface area contributed by atoms with Crippen LogP contribution < -0.4 is 10.4 Å². The molecule has 1 nitrogen and oxygen atoms in total. The summed E-state index contributed by atoms with van der Waals surface area (Å²) in [6.07, 6.45) is 18.3. The Bertz CT molecular complexity index is 966. The average molecular weight is 662 g/mol. The summed E-state index contributed by atoms with van der Waals surface area (Å²) in [6, 6.07) is 22.1. The molecular formula is C37H62BrOPSi. The Morgan fingerprint density at radius 2 is 1.24 bits per heavy atom. The molecule has 0 aromatic heterocycles. The standard InChI is InChI=1S/C37H62BrOPSi/c1-9-13-28-40(38,29-14-10-2,30-15-11-3)32-34(12-4)31-33(5)26-27-39-41(37(6,7)8,35-22-18-16-19-23-35)36-24-20-17-21-25-36/h16-25,31,33H,9-15,26-30,32H2,1-8H3/b34-31-/t33-/m1/s1. The maximum absolute atomic E-state index is 7.24. The molecule has 0 saturated carbocycles. The van der Waals surface area contributed by atoms with Gasteiger partial charge in [0.15, 0.2) is 0 Å². The molecule has 232 valence electrons. The summed E-state index contributed by atoms with van der Waals surface area (Å²) in [5.74, 6) is 0.507. The van der Waals surface area contributed by atoms with Gasteiger partial charge in [0.05, 0.1) is 0 Å². The second-order valence-corrected chi connectivity index (χ2v) is 29.3. The van der Waals surface area contributed by atoms with Gasteiger partial charge in [0.1, 0.15) is 0 Å². The van der Waals surface area contributed by atoms with Gasteiger partial charge in [-0.15, -0.1) is 0 Å². The van der Waals surface area contributed by atoms with Crippen molar-refractivity contribution in [3.63, 3.8) is 0 Å². The zero-order valence-corrected chi connectivity index (χ0v) is 31.3. The third kappa shape index (κ3) is 10.2. The van der Waals surface area contributed by atoms with Crippen LogP contribution in [0.5, 0.6) is 0 Å². The molecule has 0 spiro atoms. The molecule has 0 radical (unpaired) electrons. The Balaban J connectivity index is 2.32. The van der Waals surface area contributed by atoms with E-state index >= 15 is 0 Å². The van der Waals surface area contributed by atoms with Crippen LogP contribution in [-0.2, 0) is 4.43 Å². The Hall–Kier alpha value is -0.733. The summed E-state index contributed by atoms with van der Waals surface area (Å²) in [4.78, 5) is 0. The Kier molecular flexibility index (Phi) is 15.1. The molecule has 0 bridgehead atoms. The molecule has 2 rings (SSSR count). The molecule has 0 aliphatic rings. The van der Waals surface area contributed by atoms with Gasteiger partial charge in [-0.25, -0.2) is 0 Å². The fourth-order valence-electron chi connectivity index (χ4n) is 6.67. The molecule has 0 aliphatic heterocycles. The third-order valence-corrected chi connectivity index (χ3v) is 23.6. The minimum absolute atomic E-state index is 0.0222. The van der Waals surface area contributed by atoms with Gasteiger partial charge in [0.25, 0.3) is 0 Å². The first kappa shape index (κ1) is 36.5. The first-order chi connectivity index (χ1) is 19.5. The second-order valence-electron chi connectivity index (χ2n) is 13.7. The van der Waals surface area contributed by atoms with E-state index in [1.165, 1.54) is 73.5 Å². The summed E-state index contributed by atoms with van der Waals surface area (Å²) in [5, 5.41) is 0.802. The summed E-state index contributed by atoms with van der Waals surface area (Å²) in [6.45, 7) is 19.8. The Morgan fingerprint density at radius 1 is 0.805 bits per heavy atom. The van der Waals surface area contributed by atoms with Crippen LogP contribution in [0.4, 0.5) is 0 Å². The number of hydrogen-bond donors (Lipinski definition) is 0. The molecule has 4 heteroatoms. The monoisotopic (exact) mass is 660 g/mol. The van der Waals surface area contributed by atoms with E-state index in [0.717, 1.165) is 19.4 Å². The molecule has 0 heterocycles. The molecule has 1 atom stereocenters. The van der Waals surface area contributed by atoms with Crippen molar-refractivity contribution in [2.75, 3.05) is 31.3 Å². The summed E-state index contributed by atoms with van der Waals surface area (Å²) >= 11 is 4.65. The van der Waals surface area contributed by atoms with E-state index in [4.69, 9.17) is 4.43 Å². The molecule has 41 heavy (non-hydrogen) atoms. The van der Waals surface area contributed by atoms with Gasteiger partial charge in [-0.3, -0.25) is 0 Å². The average Bonchev–Trinajstić information content (AvgIpc) is 2.96. The zero-order valence-electron chi connectivity index (χ0n) is 27.9. The fraction of sp³-hybridized carbons (Fsp3) is 0.622. The molecular weight excluding hydrogens is 599 g/mol. The van der Waals surface area contributed by atoms with Gasteiger partial charge in [-0.2, -0.15) is 0 Å². The van der Waals surface area contributed by atoms with Gasteiger partial charge in [-0.05, 0) is 0 Å². The van der Waals surface area contributed by atoms with Crippen LogP contribution in [0.25, 0.3) is 0 Å². The van der Waals surface area contributed by atoms with Gasteiger partial charge < -0.3 is 0 Å². The summed E-state index contributed by atoms with van der Waals surface area (Å²) in [7, 11) is -2.48. The third-order valence-electron chi connectivity index (χ3n) is 9.09. The van der Waals surface area contributed by atoms with E-state index in [2.05, 4.69) is 138 Å². The topological polar surface area (TPSA) is 9.23 Å². The Morgan fingerprint density at radius 3 is 1.61 bits per heavy atom. The zero-order chi connectivity index (χ0) is 30.4. The van der Waals surface area contributed by atoms with Crippen LogP contribution >= 0.6 is 20.8 Å². The maximum atomic E-state index is 7.24. The predicted molar refractivity (Wildman–Crippen MR) is 196 cm³/mol. The normalized spacial score (nSPS) is 15.0. The van der Waals surface area contributed by atoms with Gasteiger partial charge in [-0.1, -0.05) is 0 Å². The number of benzene rings is 2. The quantitative estimate of drug-likeness (QED) is 0.0827. The van der Waals surface area contributed by atoms with E-state index in [0.29, 0.717) is 5.92 Å². The fourth-order valence-corrected chi connectivity index (χ4v) is 20.3. The van der Waals surface area contributed by atoms with Crippen LogP contribution in [0.2, 0.25) is 5.04 Å². The van der Waals surface area contributed by atoms with E-state index < -0.39 is 13.6 Å². The van der Waals surface area contributed by atoms with Crippen LogP contribution in [-0.4, -0.2) is 39.6 Å². The molecule has 0 unspecified atom stereocenters. The van der Waals surface area contributed by atoms with Crippen LogP contribution in [0.15, 0.2) is 72.3 Å². The molecule has 0 saturated heterocycles. The van der Waals surface area contributed by atoms with Crippen molar-refractivity contribution in [3.8, 4) is 0 Å². The van der Waals surface area contributed by atoms with Gasteiger partial charge in [0.2, 0.25) is 0 Å². The Labute approximate surface area is 264 Å². The van der Waals surface area contributed by atoms with E-state index in [1.54, 1.807) is 5.57 Å². The molecule has 2 aromatic rings. The summed E-state index contributed by atoms with van der Waals surface area (Å²) in [5.41, 5.74) is 1.68. The number of hydrogen-bond acceptors (Lipinski definition) is 1. The predicted octanol–water partition coefficient (Wildman–Crippen LogP) is 11.2. The van der Waals surface area contributed by atoms with Crippen LogP contribution in [0.1, 0.15) is 107 Å². The van der Waals surface area contributed by atoms with Crippen LogP contribution in [0.3, 0.4) is 0 Å². The molecule has 0 fully saturated rings. The summed E-state index contributed by atoms with van der Waals surface area (Å²) < 4.78 is 7.24. The second kappa shape index (κ2) is 16.9. The molecule has 0 aliphatic carbocycles. The number of allylic oxidation sites excluding steroid dienone is 2. The van der Waals surface area contributed by atoms with Gasteiger partial charge >= 0.3 is 265 Å². The number of halogens is 1. The SMILES string of the molecule is CCCCP(Br)(CCCC)(CCCC)C/C(=C\[C@H](C)CCO[Si](c1ccccc1)(c1ccccc1)C(C)(C)C)CC. The molecule has 0 N–H and O–H groups in total. The molecule has 0 amide bonds. The van der Waals surface area contributed by atoms with Crippen molar-refractivity contribution in [1.82, 2.24) is 0 Å². The van der Waals surface area contributed by atoms with E-state index in [1.807, 2.05) is 0 Å². The van der Waals surface area contributed by atoms with Crippen molar-refractivity contribution in [2.45, 2.75) is 112 Å². The molecule has 2 aromatic carbocycles. The number of rotatable bonds is 19. The first-order valence-electron chi connectivity index (χ1n) is 16.6. The number of unbranched alkanes of at least 4 members (excludes halogenated alkanes) is 3. The minimum atomic E-state index is -2.48. The van der Waals surface area contributed by atoms with E-state index in [-0.39, 0.29) is 5.04 Å². The van der Waals surface area contributed by atoms with Crippen molar-refractivity contribution in [3.05, 3.63) is 72.3 Å².